The van der Waals surface area contributed by atoms with Crippen molar-refractivity contribution in [1.82, 2.24) is 14.9 Å². The van der Waals surface area contributed by atoms with Crippen LogP contribution in [0, 0.1) is 0 Å². The average Bonchev–Trinajstić information content (AvgIpc) is 2.45. The lowest BCUT2D eigenvalue weighted by atomic mass is 10.2. The van der Waals surface area contributed by atoms with Gasteiger partial charge in [-0.25, -0.2) is 10.8 Å². The van der Waals surface area contributed by atoms with Crippen molar-refractivity contribution in [2.45, 2.75) is 19.4 Å². The summed E-state index contributed by atoms with van der Waals surface area (Å²) in [6.07, 6.45) is 1.04. The first-order valence-corrected chi connectivity index (χ1v) is 6.75. The number of benzene rings is 1. The average molecular weight is 274 g/mol. The predicted octanol–water partition coefficient (Wildman–Crippen LogP) is 1.67. The van der Waals surface area contributed by atoms with Gasteiger partial charge >= 0.3 is 0 Å². The number of hydrazine groups is 1. The van der Waals surface area contributed by atoms with Gasteiger partial charge in [0.05, 0.1) is 5.52 Å². The fraction of sp³-hybridized carbons (Fsp3) is 0.429. The highest BCUT2D eigenvalue weighted by molar-refractivity contribution is 5.90. The highest BCUT2D eigenvalue weighted by Gasteiger charge is 2.09. The second-order valence-corrected chi connectivity index (χ2v) is 5.19. The third-order valence-electron chi connectivity index (χ3n) is 3.12. The molecule has 1 heterocycles. The summed E-state index contributed by atoms with van der Waals surface area (Å²) in [5, 5.41) is 4.44. The molecule has 2 rings (SSSR count). The van der Waals surface area contributed by atoms with Gasteiger partial charge in [0.15, 0.2) is 0 Å². The number of nitrogen functional groups attached to an aromatic ring is 1. The second kappa shape index (κ2) is 6.49. The third-order valence-corrected chi connectivity index (χ3v) is 3.12. The van der Waals surface area contributed by atoms with E-state index in [4.69, 9.17) is 5.84 Å². The van der Waals surface area contributed by atoms with Crippen molar-refractivity contribution in [3.05, 3.63) is 24.3 Å². The largest absolute Gasteiger partial charge is 0.367 e. The first-order valence-electron chi connectivity index (χ1n) is 6.75. The number of fused-ring (bicyclic) bond motifs is 1. The smallest absolute Gasteiger partial charge is 0.239 e. The lowest BCUT2D eigenvalue weighted by Crippen LogP contribution is -2.24. The Balaban J connectivity index is 2.23. The van der Waals surface area contributed by atoms with E-state index in [1.165, 1.54) is 0 Å². The van der Waals surface area contributed by atoms with E-state index >= 15 is 0 Å². The van der Waals surface area contributed by atoms with E-state index in [1.54, 1.807) is 0 Å². The van der Waals surface area contributed by atoms with E-state index in [0.717, 1.165) is 29.7 Å². The normalized spacial score (nSPS) is 12.7. The molecular weight excluding hydrogens is 252 g/mol. The van der Waals surface area contributed by atoms with E-state index in [1.807, 2.05) is 24.3 Å². The van der Waals surface area contributed by atoms with E-state index in [2.05, 4.69) is 46.6 Å². The Morgan fingerprint density at radius 3 is 2.70 bits per heavy atom. The van der Waals surface area contributed by atoms with Gasteiger partial charge in [-0.3, -0.25) is 5.43 Å². The van der Waals surface area contributed by atoms with Gasteiger partial charge in [-0.2, -0.15) is 4.98 Å². The number of rotatable bonds is 6. The van der Waals surface area contributed by atoms with Crippen LogP contribution in [0.25, 0.3) is 10.9 Å². The number of nitrogens with zero attached hydrogens (tertiary/aromatic N) is 3. The first-order chi connectivity index (χ1) is 9.60. The first kappa shape index (κ1) is 14.5. The Morgan fingerprint density at radius 2 is 2.00 bits per heavy atom. The molecule has 108 valence electrons. The van der Waals surface area contributed by atoms with Gasteiger partial charge in [0.2, 0.25) is 5.95 Å². The molecule has 0 fully saturated rings. The molecule has 1 aromatic heterocycles. The molecule has 1 atom stereocenters. The van der Waals surface area contributed by atoms with E-state index in [-0.39, 0.29) is 0 Å². The summed E-state index contributed by atoms with van der Waals surface area (Å²) in [5.74, 6) is 6.67. The van der Waals surface area contributed by atoms with Crippen LogP contribution >= 0.6 is 0 Å². The molecule has 6 heteroatoms. The molecule has 0 aliphatic carbocycles. The zero-order valence-electron chi connectivity index (χ0n) is 12.2. The van der Waals surface area contributed by atoms with Crippen molar-refractivity contribution in [1.29, 1.82) is 0 Å². The lowest BCUT2D eigenvalue weighted by molar-refractivity contribution is 0.390. The quantitative estimate of drug-likeness (QED) is 0.549. The highest BCUT2D eigenvalue weighted by atomic mass is 15.3. The number of anilines is 2. The molecular formula is C14H22N6. The summed E-state index contributed by atoms with van der Waals surface area (Å²) in [7, 11) is 4.15. The minimum absolute atomic E-state index is 0.321. The molecule has 4 N–H and O–H groups in total. The van der Waals surface area contributed by atoms with E-state index in [0.29, 0.717) is 12.0 Å². The van der Waals surface area contributed by atoms with Crippen LogP contribution in [0.4, 0.5) is 11.8 Å². The van der Waals surface area contributed by atoms with Crippen molar-refractivity contribution < 1.29 is 0 Å². The number of hydrogen-bond donors (Lipinski definition) is 3. The number of nitrogens with two attached hydrogens (primary N) is 1. The van der Waals surface area contributed by atoms with Gasteiger partial charge in [-0.05, 0) is 46.1 Å². The van der Waals surface area contributed by atoms with Gasteiger partial charge in [0, 0.05) is 11.4 Å². The third kappa shape index (κ3) is 3.55. The molecule has 0 bridgehead atoms. The summed E-state index contributed by atoms with van der Waals surface area (Å²) in [4.78, 5) is 10.9. The molecule has 2 aromatic rings. The fourth-order valence-electron chi connectivity index (χ4n) is 2.01. The minimum atomic E-state index is 0.321. The Bertz CT molecular complexity index is 569. The number of aromatic nitrogens is 2. The van der Waals surface area contributed by atoms with E-state index in [9.17, 15) is 0 Å². The van der Waals surface area contributed by atoms with Gasteiger partial charge in [-0.15, -0.1) is 0 Å². The Labute approximate surface area is 119 Å². The fourth-order valence-corrected chi connectivity index (χ4v) is 2.01. The topological polar surface area (TPSA) is 79.1 Å². The maximum atomic E-state index is 5.43. The molecule has 0 aliphatic heterocycles. The van der Waals surface area contributed by atoms with Crippen LogP contribution in [-0.4, -0.2) is 41.5 Å². The monoisotopic (exact) mass is 274 g/mol. The Hall–Kier alpha value is -1.92. The van der Waals surface area contributed by atoms with Crippen LogP contribution in [0.2, 0.25) is 0 Å². The van der Waals surface area contributed by atoms with Crippen molar-refractivity contribution in [2.24, 2.45) is 5.84 Å². The molecule has 0 spiro atoms. The molecule has 6 nitrogen and oxygen atoms in total. The molecule has 1 unspecified atom stereocenters. The number of nitrogens with one attached hydrogen (secondary N) is 2. The molecule has 0 amide bonds. The van der Waals surface area contributed by atoms with Crippen LogP contribution in [-0.2, 0) is 0 Å². The highest BCUT2D eigenvalue weighted by Crippen LogP contribution is 2.22. The standard InChI is InChI=1S/C14H22N6/c1-10(8-9-20(2)3)16-13-11-6-4-5-7-12(11)17-14(18-13)19-15/h4-7,10H,8-9,15H2,1-3H3,(H2,16,17,18,19). The van der Waals surface area contributed by atoms with Crippen molar-refractivity contribution in [2.75, 3.05) is 31.4 Å². The summed E-state index contributed by atoms with van der Waals surface area (Å²) < 4.78 is 0. The predicted molar refractivity (Wildman–Crippen MR) is 83.6 cm³/mol. The van der Waals surface area contributed by atoms with Gasteiger partial charge in [0.1, 0.15) is 5.82 Å². The van der Waals surface area contributed by atoms with Crippen molar-refractivity contribution in [3.63, 3.8) is 0 Å². The minimum Gasteiger partial charge on any atom is -0.367 e. The zero-order chi connectivity index (χ0) is 14.5. The van der Waals surface area contributed by atoms with Crippen LogP contribution < -0.4 is 16.6 Å². The van der Waals surface area contributed by atoms with Crippen molar-refractivity contribution >= 4 is 22.7 Å². The summed E-state index contributed by atoms with van der Waals surface area (Å²) >= 11 is 0. The number of para-hydroxylation sites is 1. The maximum Gasteiger partial charge on any atom is 0.239 e. The molecule has 20 heavy (non-hydrogen) atoms. The maximum absolute atomic E-state index is 5.43. The zero-order valence-corrected chi connectivity index (χ0v) is 12.2. The molecule has 0 radical (unpaired) electrons. The van der Waals surface area contributed by atoms with Crippen LogP contribution in [0.1, 0.15) is 13.3 Å². The second-order valence-electron chi connectivity index (χ2n) is 5.19. The van der Waals surface area contributed by atoms with Crippen molar-refractivity contribution in [3.8, 4) is 0 Å². The van der Waals surface area contributed by atoms with Gasteiger partial charge < -0.3 is 10.2 Å². The Kier molecular flexibility index (Phi) is 4.70. The summed E-state index contributed by atoms with van der Waals surface area (Å²) in [6, 6.07) is 8.22. The lowest BCUT2D eigenvalue weighted by Gasteiger charge is -2.18. The molecule has 0 saturated carbocycles. The molecule has 0 saturated heterocycles. The molecule has 1 aromatic carbocycles. The van der Waals surface area contributed by atoms with Crippen LogP contribution in [0.15, 0.2) is 24.3 Å². The van der Waals surface area contributed by atoms with Gasteiger partial charge in [0.25, 0.3) is 0 Å². The van der Waals surface area contributed by atoms with Gasteiger partial charge in [-0.1, -0.05) is 12.1 Å². The van der Waals surface area contributed by atoms with E-state index < -0.39 is 0 Å². The van der Waals surface area contributed by atoms with Crippen LogP contribution in [0.3, 0.4) is 0 Å². The number of hydrogen-bond acceptors (Lipinski definition) is 6. The molecule has 0 aliphatic rings. The Morgan fingerprint density at radius 1 is 1.25 bits per heavy atom. The SMILES string of the molecule is CC(CCN(C)C)Nc1nc(NN)nc2ccccc12. The summed E-state index contributed by atoms with van der Waals surface area (Å²) in [5.41, 5.74) is 3.39. The van der Waals surface area contributed by atoms with Crippen LogP contribution in [0.5, 0.6) is 0 Å². The summed E-state index contributed by atoms with van der Waals surface area (Å²) in [6.45, 7) is 3.18.